The van der Waals surface area contributed by atoms with Crippen molar-refractivity contribution in [3.8, 4) is 0 Å². The minimum atomic E-state index is 0.739. The van der Waals surface area contributed by atoms with E-state index in [2.05, 4.69) is 39.0 Å². The molecule has 1 saturated carbocycles. The van der Waals surface area contributed by atoms with Gasteiger partial charge in [-0.25, -0.2) is 0 Å². The van der Waals surface area contributed by atoms with Crippen molar-refractivity contribution < 1.29 is 0 Å². The average molecular weight is 246 g/mol. The van der Waals surface area contributed by atoms with Crippen molar-refractivity contribution in [3.63, 3.8) is 0 Å². The number of aryl methyl sites for hydroxylation is 1. The summed E-state index contributed by atoms with van der Waals surface area (Å²) in [5, 5.41) is 0. The van der Waals surface area contributed by atoms with Crippen molar-refractivity contribution in [1.82, 2.24) is 0 Å². The van der Waals surface area contributed by atoms with Crippen LogP contribution >= 0.6 is 0 Å². The number of rotatable bonds is 3. The maximum atomic E-state index is 2.40. The summed E-state index contributed by atoms with van der Waals surface area (Å²) >= 11 is 0. The Morgan fingerprint density at radius 1 is 1.11 bits per heavy atom. The summed E-state index contributed by atoms with van der Waals surface area (Å²) in [5.41, 5.74) is 4.52. The van der Waals surface area contributed by atoms with Gasteiger partial charge in [-0.2, -0.15) is 0 Å². The highest BCUT2D eigenvalue weighted by Gasteiger charge is 2.19. The van der Waals surface area contributed by atoms with Gasteiger partial charge in [0, 0.05) is 0 Å². The van der Waals surface area contributed by atoms with Crippen molar-refractivity contribution in [2.45, 2.75) is 72.6 Å². The van der Waals surface area contributed by atoms with E-state index in [1.807, 2.05) is 13.8 Å². The molecule has 0 radical (unpaired) electrons. The Morgan fingerprint density at radius 3 is 2.33 bits per heavy atom. The van der Waals surface area contributed by atoms with Gasteiger partial charge < -0.3 is 0 Å². The fourth-order valence-electron chi connectivity index (χ4n) is 3.18. The first kappa shape index (κ1) is 15.3. The van der Waals surface area contributed by atoms with Gasteiger partial charge in [0.05, 0.1) is 0 Å². The standard InChI is InChI=1S/C16H24.C2H6/c1-12-7-6-10-16(14(12)3)13(2)11-15-8-4-5-9-15;1-2/h6-7,10,13,15H,4-5,8-9,11H2,1-3H3;1-2H3. The van der Waals surface area contributed by atoms with Gasteiger partial charge in [0.2, 0.25) is 0 Å². The van der Waals surface area contributed by atoms with Crippen LogP contribution in [0.1, 0.15) is 75.5 Å². The predicted octanol–water partition coefficient (Wildman–Crippen LogP) is 6.01. The molecule has 0 amide bonds. The molecule has 1 aromatic carbocycles. The molecule has 0 nitrogen and oxygen atoms in total. The van der Waals surface area contributed by atoms with Crippen molar-refractivity contribution in [1.29, 1.82) is 0 Å². The van der Waals surface area contributed by atoms with E-state index in [0.717, 1.165) is 11.8 Å². The van der Waals surface area contributed by atoms with E-state index in [-0.39, 0.29) is 0 Å². The molecular formula is C18H30. The summed E-state index contributed by atoms with van der Waals surface area (Å²) in [5.74, 6) is 1.73. The third-order valence-corrected chi connectivity index (χ3v) is 4.34. The zero-order valence-corrected chi connectivity index (χ0v) is 12.9. The molecule has 0 aromatic heterocycles. The van der Waals surface area contributed by atoms with Gasteiger partial charge in [-0.3, -0.25) is 0 Å². The highest BCUT2D eigenvalue weighted by molar-refractivity contribution is 5.35. The SMILES string of the molecule is CC.Cc1cccc(C(C)CC2CCCC2)c1C. The molecule has 0 bridgehead atoms. The lowest BCUT2D eigenvalue weighted by Crippen LogP contribution is -2.04. The summed E-state index contributed by atoms with van der Waals surface area (Å²) in [6.07, 6.45) is 7.25. The Kier molecular flexibility index (Phi) is 6.46. The summed E-state index contributed by atoms with van der Waals surface area (Å²) in [6.45, 7) is 10.9. The summed E-state index contributed by atoms with van der Waals surface area (Å²) in [4.78, 5) is 0. The molecule has 0 heteroatoms. The van der Waals surface area contributed by atoms with Crippen LogP contribution in [0, 0.1) is 19.8 Å². The zero-order valence-electron chi connectivity index (χ0n) is 12.9. The van der Waals surface area contributed by atoms with Crippen molar-refractivity contribution >= 4 is 0 Å². The van der Waals surface area contributed by atoms with Gasteiger partial charge in [-0.15, -0.1) is 0 Å². The van der Waals surface area contributed by atoms with Crippen molar-refractivity contribution in [2.24, 2.45) is 5.92 Å². The molecule has 0 saturated heterocycles. The van der Waals surface area contributed by atoms with Crippen LogP contribution < -0.4 is 0 Å². The fraction of sp³-hybridized carbons (Fsp3) is 0.667. The van der Waals surface area contributed by atoms with Gasteiger partial charge in [0.15, 0.2) is 0 Å². The molecule has 1 aliphatic carbocycles. The Bertz CT molecular complexity index is 345. The van der Waals surface area contributed by atoms with Crippen LogP contribution in [0.5, 0.6) is 0 Å². The van der Waals surface area contributed by atoms with E-state index in [1.54, 1.807) is 5.56 Å². The third-order valence-electron chi connectivity index (χ3n) is 4.34. The number of hydrogen-bond acceptors (Lipinski definition) is 0. The van der Waals surface area contributed by atoms with E-state index >= 15 is 0 Å². The summed E-state index contributed by atoms with van der Waals surface area (Å²) in [7, 11) is 0. The molecule has 0 heterocycles. The second-order valence-electron chi connectivity index (χ2n) is 5.58. The molecule has 1 fully saturated rings. The van der Waals surface area contributed by atoms with Gasteiger partial charge in [0.1, 0.15) is 0 Å². The van der Waals surface area contributed by atoms with E-state index < -0.39 is 0 Å². The Labute approximate surface area is 114 Å². The molecule has 0 N–H and O–H groups in total. The molecule has 1 aliphatic rings. The summed E-state index contributed by atoms with van der Waals surface area (Å²) in [6, 6.07) is 6.76. The van der Waals surface area contributed by atoms with E-state index in [4.69, 9.17) is 0 Å². The van der Waals surface area contributed by atoms with Crippen LogP contribution in [0.4, 0.5) is 0 Å². The first-order chi connectivity index (χ1) is 8.68. The molecule has 0 aliphatic heterocycles. The molecule has 2 rings (SSSR count). The fourth-order valence-corrected chi connectivity index (χ4v) is 3.18. The molecular weight excluding hydrogens is 216 g/mol. The first-order valence-electron chi connectivity index (χ1n) is 7.74. The van der Waals surface area contributed by atoms with Crippen LogP contribution in [-0.4, -0.2) is 0 Å². The van der Waals surface area contributed by atoms with E-state index in [0.29, 0.717) is 0 Å². The van der Waals surface area contributed by atoms with Gasteiger partial charge in [0.25, 0.3) is 0 Å². The van der Waals surface area contributed by atoms with Crippen LogP contribution in [0.15, 0.2) is 18.2 Å². The smallest absolute Gasteiger partial charge is 0.0185 e. The largest absolute Gasteiger partial charge is 0.0683 e. The number of benzene rings is 1. The van der Waals surface area contributed by atoms with Crippen molar-refractivity contribution in [3.05, 3.63) is 34.9 Å². The predicted molar refractivity (Wildman–Crippen MR) is 82.3 cm³/mol. The quantitative estimate of drug-likeness (QED) is 0.612. The van der Waals surface area contributed by atoms with Crippen LogP contribution in [-0.2, 0) is 0 Å². The van der Waals surface area contributed by atoms with Crippen LogP contribution in [0.25, 0.3) is 0 Å². The Balaban J connectivity index is 0.000000771. The molecule has 1 aromatic rings. The maximum Gasteiger partial charge on any atom is -0.0185 e. The minimum Gasteiger partial charge on any atom is -0.0683 e. The van der Waals surface area contributed by atoms with Crippen LogP contribution in [0.3, 0.4) is 0 Å². The second-order valence-corrected chi connectivity index (χ2v) is 5.58. The highest BCUT2D eigenvalue weighted by Crippen LogP contribution is 2.35. The molecule has 1 unspecified atom stereocenters. The minimum absolute atomic E-state index is 0.739. The highest BCUT2D eigenvalue weighted by atomic mass is 14.2. The molecule has 0 spiro atoms. The zero-order chi connectivity index (χ0) is 13.5. The van der Waals surface area contributed by atoms with Gasteiger partial charge in [-0.1, -0.05) is 64.7 Å². The lowest BCUT2D eigenvalue weighted by molar-refractivity contribution is 0.459. The Hall–Kier alpha value is -0.780. The Morgan fingerprint density at radius 2 is 1.72 bits per heavy atom. The lowest BCUT2D eigenvalue weighted by atomic mass is 9.86. The monoisotopic (exact) mass is 246 g/mol. The molecule has 102 valence electrons. The van der Waals surface area contributed by atoms with Gasteiger partial charge in [-0.05, 0) is 48.8 Å². The molecule has 1 atom stereocenters. The van der Waals surface area contributed by atoms with Crippen LogP contribution in [0.2, 0.25) is 0 Å². The topological polar surface area (TPSA) is 0 Å². The first-order valence-corrected chi connectivity index (χ1v) is 7.74. The average Bonchev–Trinajstić information content (AvgIpc) is 2.88. The normalized spacial score (nSPS) is 17.2. The summed E-state index contributed by atoms with van der Waals surface area (Å²) < 4.78 is 0. The van der Waals surface area contributed by atoms with E-state index in [1.165, 1.54) is 43.2 Å². The maximum absolute atomic E-state index is 2.40. The van der Waals surface area contributed by atoms with E-state index in [9.17, 15) is 0 Å². The third kappa shape index (κ3) is 3.86. The van der Waals surface area contributed by atoms with Gasteiger partial charge >= 0.3 is 0 Å². The molecule has 18 heavy (non-hydrogen) atoms. The number of hydrogen-bond donors (Lipinski definition) is 0. The lowest BCUT2D eigenvalue weighted by Gasteiger charge is -2.19. The second kappa shape index (κ2) is 7.61. The van der Waals surface area contributed by atoms with Crippen molar-refractivity contribution in [2.75, 3.05) is 0 Å².